The summed E-state index contributed by atoms with van der Waals surface area (Å²) in [6, 6.07) is 16.4. The van der Waals surface area contributed by atoms with Crippen molar-refractivity contribution >= 4 is 38.4 Å². The van der Waals surface area contributed by atoms with E-state index in [1.54, 1.807) is 0 Å². The number of para-hydroxylation sites is 2. The normalized spacial score (nSPS) is 13.7. The van der Waals surface area contributed by atoms with Crippen LogP contribution in [0.1, 0.15) is 18.2 Å². The molecule has 134 valence electrons. The number of nitrogens with zero attached hydrogens (tertiary/aromatic N) is 2. The van der Waals surface area contributed by atoms with Gasteiger partial charge < -0.3 is 14.8 Å². The van der Waals surface area contributed by atoms with E-state index < -0.39 is 0 Å². The van der Waals surface area contributed by atoms with Crippen LogP contribution in [0.4, 0.5) is 5.69 Å². The van der Waals surface area contributed by atoms with Gasteiger partial charge in [0, 0.05) is 52.9 Å². The molecule has 1 amide bonds. The number of likely N-dealkylation sites (N-methyl/N-ethyl adjacent to an activating group) is 1. The van der Waals surface area contributed by atoms with Crippen molar-refractivity contribution in [1.82, 2.24) is 9.88 Å². The fraction of sp³-hybridized carbons (Fsp3) is 0.286. The monoisotopic (exact) mass is 411 g/mol. The van der Waals surface area contributed by atoms with Gasteiger partial charge in [-0.05, 0) is 41.1 Å². The first kappa shape index (κ1) is 17.2. The van der Waals surface area contributed by atoms with Crippen molar-refractivity contribution < 1.29 is 4.79 Å². The van der Waals surface area contributed by atoms with Gasteiger partial charge in [0.2, 0.25) is 5.91 Å². The zero-order valence-corrected chi connectivity index (χ0v) is 16.4. The number of aromatic nitrogens is 1. The second-order valence-corrected chi connectivity index (χ2v) is 7.51. The summed E-state index contributed by atoms with van der Waals surface area (Å²) in [5, 5.41) is 1.21. The Kier molecular flexibility index (Phi) is 4.72. The lowest BCUT2D eigenvalue weighted by Crippen LogP contribution is -2.42. The molecule has 26 heavy (non-hydrogen) atoms. The molecule has 0 bridgehead atoms. The van der Waals surface area contributed by atoms with Crippen LogP contribution >= 0.6 is 15.9 Å². The second kappa shape index (κ2) is 7.16. The number of carbonyl (C=O) groups is 1. The molecule has 3 aromatic rings. The highest BCUT2D eigenvalue weighted by Crippen LogP contribution is 2.31. The first-order chi connectivity index (χ1) is 12.7. The summed E-state index contributed by atoms with van der Waals surface area (Å²) in [7, 11) is 0. The van der Waals surface area contributed by atoms with Crippen LogP contribution < -0.4 is 4.90 Å². The van der Waals surface area contributed by atoms with E-state index in [2.05, 4.69) is 57.0 Å². The maximum atomic E-state index is 12.9. The van der Waals surface area contributed by atoms with Crippen molar-refractivity contribution in [3.05, 3.63) is 64.3 Å². The van der Waals surface area contributed by atoms with Gasteiger partial charge in [0.25, 0.3) is 0 Å². The Morgan fingerprint density at radius 2 is 2.00 bits per heavy atom. The average Bonchev–Trinajstić information content (AvgIpc) is 3.06. The van der Waals surface area contributed by atoms with E-state index in [1.165, 1.54) is 16.6 Å². The van der Waals surface area contributed by atoms with E-state index in [1.807, 2.05) is 29.2 Å². The molecule has 0 radical (unpaired) electrons. The van der Waals surface area contributed by atoms with Crippen LogP contribution in [-0.4, -0.2) is 35.4 Å². The molecule has 4 nitrogen and oxygen atoms in total. The number of rotatable bonds is 4. The third kappa shape index (κ3) is 3.12. The summed E-state index contributed by atoms with van der Waals surface area (Å²) in [5.74, 6) is 0.186. The maximum absolute atomic E-state index is 12.9. The molecule has 1 aliphatic heterocycles. The van der Waals surface area contributed by atoms with Gasteiger partial charge in [-0.25, -0.2) is 0 Å². The van der Waals surface area contributed by atoms with Gasteiger partial charge in [0.15, 0.2) is 0 Å². The summed E-state index contributed by atoms with van der Waals surface area (Å²) in [6.45, 7) is 4.77. The quantitative estimate of drug-likeness (QED) is 0.693. The highest BCUT2D eigenvalue weighted by Gasteiger charge is 2.25. The van der Waals surface area contributed by atoms with E-state index in [0.29, 0.717) is 13.1 Å². The minimum absolute atomic E-state index is 0.186. The SMILES string of the molecule is CCN(CC(=O)N1CCc2[nH]c3c(Br)cccc3c2C1)c1ccccc1. The number of hydrogen-bond acceptors (Lipinski definition) is 2. The van der Waals surface area contributed by atoms with Crippen LogP contribution in [0.25, 0.3) is 10.9 Å². The van der Waals surface area contributed by atoms with Crippen LogP contribution in [0, 0.1) is 0 Å². The van der Waals surface area contributed by atoms with Crippen molar-refractivity contribution in [3.8, 4) is 0 Å². The molecular formula is C21H22BrN3O. The van der Waals surface area contributed by atoms with Crippen LogP contribution in [0.2, 0.25) is 0 Å². The minimum Gasteiger partial charge on any atom is -0.362 e. The molecule has 0 atom stereocenters. The number of anilines is 1. The van der Waals surface area contributed by atoms with Gasteiger partial charge >= 0.3 is 0 Å². The standard InChI is InChI=1S/C21H22BrN3O/c1-2-24(15-7-4-3-5-8-15)14-20(26)25-12-11-19-17(13-25)16-9-6-10-18(22)21(16)23-19/h3-10,23H,2,11-14H2,1H3. The molecule has 0 saturated carbocycles. The molecule has 5 heteroatoms. The zero-order chi connectivity index (χ0) is 18.1. The number of halogens is 1. The second-order valence-electron chi connectivity index (χ2n) is 6.66. The maximum Gasteiger partial charge on any atom is 0.242 e. The van der Waals surface area contributed by atoms with Crippen LogP contribution in [-0.2, 0) is 17.8 Å². The molecule has 0 unspecified atom stereocenters. The van der Waals surface area contributed by atoms with E-state index in [4.69, 9.17) is 0 Å². The Hall–Kier alpha value is -2.27. The van der Waals surface area contributed by atoms with Gasteiger partial charge in [0.1, 0.15) is 0 Å². The molecule has 4 rings (SSSR count). The van der Waals surface area contributed by atoms with E-state index >= 15 is 0 Å². The Bertz CT molecular complexity index is 935. The smallest absolute Gasteiger partial charge is 0.242 e. The lowest BCUT2D eigenvalue weighted by atomic mass is 10.0. The molecule has 0 fully saturated rings. The average molecular weight is 412 g/mol. The highest BCUT2D eigenvalue weighted by molar-refractivity contribution is 9.10. The Morgan fingerprint density at radius 3 is 2.77 bits per heavy atom. The zero-order valence-electron chi connectivity index (χ0n) is 14.8. The Labute approximate surface area is 161 Å². The lowest BCUT2D eigenvalue weighted by Gasteiger charge is -2.30. The number of hydrogen-bond donors (Lipinski definition) is 1. The fourth-order valence-electron chi connectivity index (χ4n) is 3.70. The summed E-state index contributed by atoms with van der Waals surface area (Å²) >= 11 is 3.62. The number of aromatic amines is 1. The van der Waals surface area contributed by atoms with E-state index in [0.717, 1.165) is 35.2 Å². The largest absolute Gasteiger partial charge is 0.362 e. The predicted molar refractivity (Wildman–Crippen MR) is 109 cm³/mol. The number of carbonyl (C=O) groups excluding carboxylic acids is 1. The van der Waals surface area contributed by atoms with Crippen LogP contribution in [0.5, 0.6) is 0 Å². The fourth-order valence-corrected chi connectivity index (χ4v) is 4.17. The molecule has 0 spiro atoms. The number of nitrogens with one attached hydrogen (secondary N) is 1. The van der Waals surface area contributed by atoms with Crippen LogP contribution in [0.15, 0.2) is 53.0 Å². The third-order valence-corrected chi connectivity index (χ3v) is 5.80. The molecule has 0 saturated heterocycles. The number of amides is 1. The first-order valence-electron chi connectivity index (χ1n) is 9.03. The van der Waals surface area contributed by atoms with Gasteiger partial charge in [-0.1, -0.05) is 30.3 Å². The number of fused-ring (bicyclic) bond motifs is 3. The Morgan fingerprint density at radius 1 is 1.19 bits per heavy atom. The van der Waals surface area contributed by atoms with Crippen molar-refractivity contribution in [2.45, 2.75) is 19.9 Å². The van der Waals surface area contributed by atoms with Crippen LogP contribution in [0.3, 0.4) is 0 Å². The Balaban J connectivity index is 1.54. The summed E-state index contributed by atoms with van der Waals surface area (Å²) in [6.07, 6.45) is 0.875. The molecule has 2 heterocycles. The number of H-pyrrole nitrogens is 1. The van der Waals surface area contributed by atoms with Crippen molar-refractivity contribution in [2.75, 3.05) is 24.5 Å². The molecule has 1 N–H and O–H groups in total. The molecule has 1 aromatic heterocycles. The number of benzene rings is 2. The van der Waals surface area contributed by atoms with E-state index in [9.17, 15) is 4.79 Å². The molecule has 2 aromatic carbocycles. The van der Waals surface area contributed by atoms with Crippen molar-refractivity contribution in [1.29, 1.82) is 0 Å². The van der Waals surface area contributed by atoms with Crippen molar-refractivity contribution in [3.63, 3.8) is 0 Å². The summed E-state index contributed by atoms with van der Waals surface area (Å²) < 4.78 is 1.07. The summed E-state index contributed by atoms with van der Waals surface area (Å²) in [5.41, 5.74) is 4.73. The first-order valence-corrected chi connectivity index (χ1v) is 9.82. The molecular weight excluding hydrogens is 390 g/mol. The molecule has 0 aliphatic carbocycles. The predicted octanol–water partition coefficient (Wildman–Crippen LogP) is 4.34. The lowest BCUT2D eigenvalue weighted by molar-refractivity contribution is -0.130. The minimum atomic E-state index is 0.186. The highest BCUT2D eigenvalue weighted by atomic mass is 79.9. The summed E-state index contributed by atoms with van der Waals surface area (Å²) in [4.78, 5) is 20.6. The topological polar surface area (TPSA) is 39.3 Å². The van der Waals surface area contributed by atoms with Gasteiger partial charge in [-0.15, -0.1) is 0 Å². The van der Waals surface area contributed by atoms with Crippen molar-refractivity contribution in [2.24, 2.45) is 0 Å². The molecule has 1 aliphatic rings. The third-order valence-electron chi connectivity index (χ3n) is 5.14. The van der Waals surface area contributed by atoms with Gasteiger partial charge in [-0.2, -0.15) is 0 Å². The van der Waals surface area contributed by atoms with E-state index in [-0.39, 0.29) is 5.91 Å². The van der Waals surface area contributed by atoms with Gasteiger partial charge in [-0.3, -0.25) is 4.79 Å². The van der Waals surface area contributed by atoms with Gasteiger partial charge in [0.05, 0.1) is 12.1 Å².